The molecule has 0 heterocycles. The van der Waals surface area contributed by atoms with Gasteiger partial charge in [-0.25, -0.2) is 0 Å². The highest BCUT2D eigenvalue weighted by Gasteiger charge is 2.19. The maximum atomic E-state index is 6.14. The largest absolute Gasteiger partial charge is 0.0746 e. The molecule has 0 nitrogen and oxygen atoms in total. The molecular weight excluding hydrogens is 179 g/mol. The molecule has 0 amide bonds. The monoisotopic (exact) mass is 206 g/mol. The molecule has 1 heteroatoms. The van der Waals surface area contributed by atoms with E-state index in [2.05, 4.69) is 13.8 Å². The van der Waals surface area contributed by atoms with E-state index in [1.165, 1.54) is 57.8 Å². The summed E-state index contributed by atoms with van der Waals surface area (Å²) < 4.78 is 0. The summed E-state index contributed by atoms with van der Waals surface area (Å²) in [5.74, 6) is 2.24. The third-order valence-electron chi connectivity index (χ3n) is 3.82. The van der Waals surface area contributed by atoms with Crippen LogP contribution in [-0.2, 0) is 0 Å². The van der Waals surface area contributed by atoms with E-state index < -0.39 is 0 Å². The Balaban J connectivity index is 1.99. The molecule has 86 valence electrons. The van der Waals surface area contributed by atoms with Crippen molar-refractivity contribution in [1.82, 2.24) is 0 Å². The molecule has 15 heavy (non-hydrogen) atoms. The van der Waals surface area contributed by atoms with Crippen LogP contribution in [0.4, 0.5) is 0 Å². The van der Waals surface area contributed by atoms with Gasteiger partial charge >= 0.3 is 0 Å². The smallest absolute Gasteiger partial charge is 0.0703 e. The summed E-state index contributed by atoms with van der Waals surface area (Å²) in [6.07, 6.45) is 12.5. The van der Waals surface area contributed by atoms with Crippen molar-refractivity contribution in [2.45, 2.75) is 77.5 Å². The third kappa shape index (κ3) is 5.63. The molecule has 1 aliphatic carbocycles. The summed E-state index contributed by atoms with van der Waals surface area (Å²) in [4.78, 5) is 0. The van der Waals surface area contributed by atoms with Gasteiger partial charge in [0.2, 0.25) is 0 Å². The van der Waals surface area contributed by atoms with Gasteiger partial charge in [0.25, 0.3) is 0 Å². The number of hydrogen-bond donors (Lipinski definition) is 0. The molecule has 0 saturated heterocycles. The van der Waals surface area contributed by atoms with E-state index in [0.717, 1.165) is 11.8 Å². The van der Waals surface area contributed by atoms with Crippen molar-refractivity contribution in [3.05, 3.63) is 0 Å². The Hall–Kier alpha value is 0.0649. The fraction of sp³-hybridized carbons (Fsp3) is 1.00. The maximum absolute atomic E-state index is 6.14. The van der Waals surface area contributed by atoms with Gasteiger partial charge in [-0.2, -0.15) is 0 Å². The zero-order valence-electron chi connectivity index (χ0n) is 10.7. The van der Waals surface area contributed by atoms with Gasteiger partial charge in [0.1, 0.15) is 0 Å². The summed E-state index contributed by atoms with van der Waals surface area (Å²) in [5, 5.41) is 0. The van der Waals surface area contributed by atoms with E-state index in [-0.39, 0.29) is 0 Å². The van der Waals surface area contributed by atoms with Crippen LogP contribution in [0.15, 0.2) is 0 Å². The van der Waals surface area contributed by atoms with Crippen LogP contribution < -0.4 is 0 Å². The quantitative estimate of drug-likeness (QED) is 0.435. The lowest BCUT2D eigenvalue weighted by atomic mass is 9.66. The molecule has 2 atom stereocenters. The molecule has 1 aliphatic rings. The third-order valence-corrected chi connectivity index (χ3v) is 3.82. The summed E-state index contributed by atoms with van der Waals surface area (Å²) in [6.45, 7) is 4.63. The van der Waals surface area contributed by atoms with E-state index in [1.54, 1.807) is 0 Å². The number of unbranched alkanes of at least 4 members (excludes halogenated alkanes) is 2. The summed E-state index contributed by atoms with van der Waals surface area (Å²) in [7, 11) is 6.14. The molecular formula is C14H27B. The molecule has 0 aromatic heterocycles. The van der Waals surface area contributed by atoms with Crippen molar-refractivity contribution in [3.8, 4) is 0 Å². The predicted molar refractivity (Wildman–Crippen MR) is 69.4 cm³/mol. The van der Waals surface area contributed by atoms with Crippen LogP contribution in [0.2, 0.25) is 5.82 Å². The number of hydrogen-bond acceptors (Lipinski definition) is 0. The predicted octanol–water partition coefficient (Wildman–Crippen LogP) is 4.74. The van der Waals surface area contributed by atoms with Crippen LogP contribution in [-0.4, -0.2) is 7.85 Å². The van der Waals surface area contributed by atoms with E-state index in [0.29, 0.717) is 5.82 Å². The molecule has 0 aliphatic heterocycles. The Morgan fingerprint density at radius 1 is 1.07 bits per heavy atom. The Bertz CT molecular complexity index is 153. The lowest BCUT2D eigenvalue weighted by molar-refractivity contribution is 0.327. The van der Waals surface area contributed by atoms with Gasteiger partial charge < -0.3 is 0 Å². The van der Waals surface area contributed by atoms with Crippen molar-refractivity contribution in [2.75, 3.05) is 0 Å². The van der Waals surface area contributed by atoms with Crippen LogP contribution in [0, 0.1) is 11.8 Å². The maximum Gasteiger partial charge on any atom is 0.0703 e. The Labute approximate surface area is 97.6 Å². The molecule has 2 radical (unpaired) electrons. The van der Waals surface area contributed by atoms with Crippen molar-refractivity contribution >= 4 is 7.85 Å². The van der Waals surface area contributed by atoms with E-state index in [1.807, 2.05) is 0 Å². The van der Waals surface area contributed by atoms with Gasteiger partial charge in [-0.3, -0.25) is 0 Å². The van der Waals surface area contributed by atoms with E-state index >= 15 is 0 Å². The second-order valence-corrected chi connectivity index (χ2v) is 5.74. The van der Waals surface area contributed by atoms with Crippen LogP contribution >= 0.6 is 0 Å². The second-order valence-electron chi connectivity index (χ2n) is 5.74. The molecule has 1 unspecified atom stereocenters. The van der Waals surface area contributed by atoms with Crippen LogP contribution in [0.3, 0.4) is 0 Å². The van der Waals surface area contributed by atoms with Crippen LogP contribution in [0.5, 0.6) is 0 Å². The Morgan fingerprint density at radius 3 is 2.47 bits per heavy atom. The van der Waals surface area contributed by atoms with E-state index in [9.17, 15) is 0 Å². The van der Waals surface area contributed by atoms with Crippen LogP contribution in [0.1, 0.15) is 71.6 Å². The molecule has 0 aromatic rings. The standard InChI is InChI=1S/C14H27B/c1-12(2)8-4-3-5-9-13-10-6-7-11-14(13)15/h12-14H,3-11H2,1-2H3/t13?,14-/m0/s1. The minimum absolute atomic E-state index is 0.517. The SMILES string of the molecule is [B][C@H]1CCCCC1CCCCCC(C)C. The first-order valence-corrected chi connectivity index (χ1v) is 6.95. The van der Waals surface area contributed by atoms with Gasteiger partial charge in [0.15, 0.2) is 0 Å². The van der Waals surface area contributed by atoms with Crippen molar-refractivity contribution in [1.29, 1.82) is 0 Å². The zero-order chi connectivity index (χ0) is 11.1. The fourth-order valence-corrected chi connectivity index (χ4v) is 2.73. The lowest BCUT2D eigenvalue weighted by Gasteiger charge is -2.29. The summed E-state index contributed by atoms with van der Waals surface area (Å²) in [6, 6.07) is 0. The highest BCUT2D eigenvalue weighted by atomic mass is 14.2. The number of rotatable bonds is 6. The molecule has 1 saturated carbocycles. The normalized spacial score (nSPS) is 27.1. The van der Waals surface area contributed by atoms with Gasteiger partial charge in [-0.05, 0) is 11.8 Å². The minimum Gasteiger partial charge on any atom is -0.0746 e. The topological polar surface area (TPSA) is 0 Å². The molecule has 1 fully saturated rings. The lowest BCUT2D eigenvalue weighted by Crippen LogP contribution is -2.14. The van der Waals surface area contributed by atoms with Gasteiger partial charge in [-0.15, -0.1) is 0 Å². The highest BCUT2D eigenvalue weighted by molar-refractivity contribution is 6.11. The summed E-state index contributed by atoms with van der Waals surface area (Å²) in [5.41, 5.74) is 0. The minimum atomic E-state index is 0.517. The average molecular weight is 206 g/mol. The van der Waals surface area contributed by atoms with Crippen molar-refractivity contribution in [3.63, 3.8) is 0 Å². The Kier molecular flexibility index (Phi) is 6.44. The molecule has 0 N–H and O–H groups in total. The van der Waals surface area contributed by atoms with Crippen LogP contribution in [0.25, 0.3) is 0 Å². The summed E-state index contributed by atoms with van der Waals surface area (Å²) >= 11 is 0. The average Bonchev–Trinajstić information content (AvgIpc) is 2.20. The zero-order valence-corrected chi connectivity index (χ0v) is 10.7. The van der Waals surface area contributed by atoms with Crippen molar-refractivity contribution in [2.24, 2.45) is 11.8 Å². The van der Waals surface area contributed by atoms with Crippen molar-refractivity contribution < 1.29 is 0 Å². The van der Waals surface area contributed by atoms with Gasteiger partial charge in [-0.1, -0.05) is 77.5 Å². The van der Waals surface area contributed by atoms with Gasteiger partial charge in [0.05, 0.1) is 7.85 Å². The fourth-order valence-electron chi connectivity index (χ4n) is 2.73. The first-order chi connectivity index (χ1) is 7.20. The van der Waals surface area contributed by atoms with E-state index in [4.69, 9.17) is 7.85 Å². The first-order valence-electron chi connectivity index (χ1n) is 6.95. The molecule has 1 rings (SSSR count). The highest BCUT2D eigenvalue weighted by Crippen LogP contribution is 2.35. The molecule has 0 spiro atoms. The first kappa shape index (κ1) is 13.1. The van der Waals surface area contributed by atoms with Gasteiger partial charge in [0, 0.05) is 0 Å². The second kappa shape index (κ2) is 7.36. The Morgan fingerprint density at radius 2 is 1.80 bits per heavy atom. The molecule has 0 bridgehead atoms. The molecule has 0 aromatic carbocycles.